The summed E-state index contributed by atoms with van der Waals surface area (Å²) in [6, 6.07) is 8.32. The second-order valence-corrected chi connectivity index (χ2v) is 7.67. The number of methoxy groups -OCH3 is 1. The van der Waals surface area contributed by atoms with Crippen LogP contribution in [0.1, 0.15) is 29.5 Å². The van der Waals surface area contributed by atoms with Crippen LogP contribution in [-0.2, 0) is 17.5 Å². The normalized spacial score (nSPS) is 15.2. The lowest BCUT2D eigenvalue weighted by Gasteiger charge is -2.34. The van der Waals surface area contributed by atoms with Gasteiger partial charge in [0.1, 0.15) is 11.6 Å². The first-order valence-corrected chi connectivity index (χ1v) is 9.85. The molecule has 0 bridgehead atoms. The van der Waals surface area contributed by atoms with Crippen LogP contribution in [0.4, 0.5) is 19.0 Å². The van der Waals surface area contributed by atoms with E-state index >= 15 is 0 Å². The van der Waals surface area contributed by atoms with E-state index in [0.717, 1.165) is 29.1 Å². The molecule has 1 aromatic carbocycles. The van der Waals surface area contributed by atoms with Crippen molar-refractivity contribution in [2.24, 2.45) is 5.92 Å². The number of carbonyl (C=O) groups is 1. The molecule has 0 saturated carbocycles. The number of piperidine rings is 1. The van der Waals surface area contributed by atoms with Crippen LogP contribution in [0, 0.1) is 12.8 Å². The van der Waals surface area contributed by atoms with Crippen LogP contribution in [0.2, 0.25) is 0 Å². The number of benzene rings is 1. The first-order chi connectivity index (χ1) is 14.2. The number of pyridine rings is 1. The summed E-state index contributed by atoms with van der Waals surface area (Å²) in [5, 5.41) is 0. The monoisotopic (exact) mass is 421 g/mol. The molecule has 2 heterocycles. The average Bonchev–Trinajstić information content (AvgIpc) is 2.73. The van der Waals surface area contributed by atoms with E-state index in [4.69, 9.17) is 4.74 Å². The molecule has 8 heteroatoms. The van der Waals surface area contributed by atoms with Gasteiger partial charge in [-0.05, 0) is 38.0 Å². The van der Waals surface area contributed by atoms with Crippen LogP contribution < -0.4 is 9.64 Å². The van der Waals surface area contributed by atoms with E-state index in [2.05, 4.69) is 4.98 Å². The van der Waals surface area contributed by atoms with Gasteiger partial charge in [0, 0.05) is 44.4 Å². The molecule has 0 spiro atoms. The van der Waals surface area contributed by atoms with Gasteiger partial charge in [-0.2, -0.15) is 13.2 Å². The summed E-state index contributed by atoms with van der Waals surface area (Å²) >= 11 is 0. The van der Waals surface area contributed by atoms with Crippen LogP contribution in [-0.4, -0.2) is 43.0 Å². The third kappa shape index (κ3) is 5.04. The molecule has 5 nitrogen and oxygen atoms in total. The molecule has 1 saturated heterocycles. The fourth-order valence-electron chi connectivity index (χ4n) is 3.77. The molecule has 0 unspecified atom stereocenters. The number of amides is 1. The van der Waals surface area contributed by atoms with Gasteiger partial charge >= 0.3 is 6.18 Å². The van der Waals surface area contributed by atoms with E-state index in [-0.39, 0.29) is 11.8 Å². The maximum absolute atomic E-state index is 12.9. The van der Waals surface area contributed by atoms with Crippen molar-refractivity contribution in [1.82, 2.24) is 9.88 Å². The van der Waals surface area contributed by atoms with Gasteiger partial charge in [0.2, 0.25) is 5.91 Å². The first-order valence-electron chi connectivity index (χ1n) is 9.85. The molecular weight excluding hydrogens is 395 g/mol. The lowest BCUT2D eigenvalue weighted by Crippen LogP contribution is -2.41. The van der Waals surface area contributed by atoms with E-state index in [1.807, 2.05) is 30.0 Å². The molecule has 1 aliphatic heterocycles. The number of anilines is 1. The topological polar surface area (TPSA) is 45.7 Å². The van der Waals surface area contributed by atoms with Crippen molar-refractivity contribution in [2.75, 3.05) is 32.1 Å². The standard InChI is InChI=1S/C22H26F3N3O2/c1-15-4-6-19(30-3)17(12-15)14-27(2)21(29)16-8-10-28(11-9-16)20-7-5-18(13-26-20)22(23,24)25/h4-7,12-13,16H,8-11,14H2,1-3H3. The number of rotatable bonds is 5. The molecule has 30 heavy (non-hydrogen) atoms. The van der Waals surface area contributed by atoms with Crippen molar-refractivity contribution in [1.29, 1.82) is 0 Å². The van der Waals surface area contributed by atoms with Crippen molar-refractivity contribution in [2.45, 2.75) is 32.5 Å². The highest BCUT2D eigenvalue weighted by Gasteiger charge is 2.32. The average molecular weight is 421 g/mol. The minimum atomic E-state index is -4.39. The van der Waals surface area contributed by atoms with Crippen molar-refractivity contribution >= 4 is 11.7 Å². The van der Waals surface area contributed by atoms with E-state index in [0.29, 0.717) is 38.3 Å². The van der Waals surface area contributed by atoms with Gasteiger partial charge < -0.3 is 14.5 Å². The molecule has 1 aromatic heterocycles. The summed E-state index contributed by atoms with van der Waals surface area (Å²) in [5.41, 5.74) is 1.30. The minimum Gasteiger partial charge on any atom is -0.496 e. The molecule has 162 valence electrons. The lowest BCUT2D eigenvalue weighted by atomic mass is 9.95. The molecule has 1 aliphatic rings. The molecule has 0 radical (unpaired) electrons. The number of nitrogens with zero attached hydrogens (tertiary/aromatic N) is 3. The zero-order chi connectivity index (χ0) is 21.9. The molecule has 1 amide bonds. The second-order valence-electron chi connectivity index (χ2n) is 7.67. The highest BCUT2D eigenvalue weighted by molar-refractivity contribution is 5.79. The molecule has 0 N–H and O–H groups in total. The third-order valence-electron chi connectivity index (χ3n) is 5.46. The zero-order valence-electron chi connectivity index (χ0n) is 17.4. The largest absolute Gasteiger partial charge is 0.496 e. The Kier molecular flexibility index (Phi) is 6.53. The van der Waals surface area contributed by atoms with Gasteiger partial charge in [-0.15, -0.1) is 0 Å². The van der Waals surface area contributed by atoms with Crippen molar-refractivity contribution in [3.8, 4) is 5.75 Å². The number of carbonyl (C=O) groups excluding carboxylic acids is 1. The summed E-state index contributed by atoms with van der Waals surface area (Å²) in [7, 11) is 3.40. The summed E-state index contributed by atoms with van der Waals surface area (Å²) in [5.74, 6) is 1.21. The van der Waals surface area contributed by atoms with Crippen molar-refractivity contribution < 1.29 is 22.7 Å². The number of halogens is 3. The van der Waals surface area contributed by atoms with Crippen LogP contribution in [0.5, 0.6) is 5.75 Å². The third-order valence-corrected chi connectivity index (χ3v) is 5.46. The summed E-state index contributed by atoms with van der Waals surface area (Å²) < 4.78 is 43.5. The van der Waals surface area contributed by atoms with Crippen molar-refractivity contribution in [3.63, 3.8) is 0 Å². The molecule has 1 fully saturated rings. The maximum Gasteiger partial charge on any atom is 0.417 e. The van der Waals surface area contributed by atoms with Gasteiger partial charge in [-0.3, -0.25) is 4.79 Å². The lowest BCUT2D eigenvalue weighted by molar-refractivity contribution is -0.138. The van der Waals surface area contributed by atoms with Gasteiger partial charge in [0.25, 0.3) is 0 Å². The Morgan fingerprint density at radius 1 is 1.23 bits per heavy atom. The van der Waals surface area contributed by atoms with E-state index in [9.17, 15) is 18.0 Å². The maximum atomic E-state index is 12.9. The molecule has 3 rings (SSSR count). The van der Waals surface area contributed by atoms with Crippen LogP contribution in [0.25, 0.3) is 0 Å². The van der Waals surface area contributed by atoms with Crippen molar-refractivity contribution in [3.05, 3.63) is 53.2 Å². The number of ether oxygens (including phenoxy) is 1. The predicted octanol–water partition coefficient (Wildman–Crippen LogP) is 4.29. The number of hydrogen-bond acceptors (Lipinski definition) is 4. The van der Waals surface area contributed by atoms with E-state index in [1.54, 1.807) is 19.1 Å². The Labute approximate surface area is 174 Å². The van der Waals surface area contributed by atoms with E-state index in [1.165, 1.54) is 6.07 Å². The number of aromatic nitrogens is 1. The van der Waals surface area contributed by atoms with Gasteiger partial charge in [0.15, 0.2) is 0 Å². The van der Waals surface area contributed by atoms with Gasteiger partial charge in [-0.25, -0.2) is 4.98 Å². The second kappa shape index (κ2) is 8.93. The molecular formula is C22H26F3N3O2. The number of alkyl halides is 3. The highest BCUT2D eigenvalue weighted by atomic mass is 19.4. The summed E-state index contributed by atoms with van der Waals surface area (Å²) in [4.78, 5) is 20.5. The zero-order valence-corrected chi connectivity index (χ0v) is 17.4. The fourth-order valence-corrected chi connectivity index (χ4v) is 3.77. The van der Waals surface area contributed by atoms with Gasteiger partial charge in [0.05, 0.1) is 12.7 Å². The van der Waals surface area contributed by atoms with Gasteiger partial charge in [-0.1, -0.05) is 17.7 Å². The highest BCUT2D eigenvalue weighted by Crippen LogP contribution is 2.30. The summed E-state index contributed by atoms with van der Waals surface area (Å²) in [6.45, 7) is 3.62. The number of hydrogen-bond donors (Lipinski definition) is 0. The van der Waals surface area contributed by atoms with E-state index < -0.39 is 11.7 Å². The smallest absolute Gasteiger partial charge is 0.417 e. The Morgan fingerprint density at radius 3 is 2.50 bits per heavy atom. The first kappa shape index (κ1) is 21.9. The fraction of sp³-hybridized carbons (Fsp3) is 0.455. The Bertz CT molecular complexity index is 876. The quantitative estimate of drug-likeness (QED) is 0.723. The molecule has 2 aromatic rings. The van der Waals surface area contributed by atoms with Crippen LogP contribution in [0.15, 0.2) is 36.5 Å². The van der Waals surface area contributed by atoms with Crippen LogP contribution >= 0.6 is 0 Å². The molecule has 0 aliphatic carbocycles. The Morgan fingerprint density at radius 2 is 1.93 bits per heavy atom. The Hall–Kier alpha value is -2.77. The SMILES string of the molecule is COc1ccc(C)cc1CN(C)C(=O)C1CCN(c2ccc(C(F)(F)F)cn2)CC1. The predicted molar refractivity (Wildman–Crippen MR) is 108 cm³/mol. The number of aryl methyl sites for hydroxylation is 1. The molecule has 0 atom stereocenters. The minimum absolute atomic E-state index is 0.0681. The Balaban J connectivity index is 1.58. The summed E-state index contributed by atoms with van der Waals surface area (Å²) in [6.07, 6.45) is -2.27. The van der Waals surface area contributed by atoms with Crippen LogP contribution in [0.3, 0.4) is 0 Å².